The lowest BCUT2D eigenvalue weighted by molar-refractivity contribution is -0.274. The Hall–Kier alpha value is -2.91. The smallest absolute Gasteiger partial charge is 0.463 e. The first-order valence-corrected chi connectivity index (χ1v) is 7.24. The van der Waals surface area contributed by atoms with Crippen LogP contribution in [-0.2, 0) is 16.1 Å². The molecule has 2 rings (SSSR count). The Balaban J connectivity index is 2.31. The lowest BCUT2D eigenvalue weighted by atomic mass is 10.1. The Bertz CT molecular complexity index is 772. The highest BCUT2D eigenvalue weighted by Crippen LogP contribution is 2.26. The fourth-order valence-electron chi connectivity index (χ4n) is 1.97. The van der Waals surface area contributed by atoms with E-state index in [0.29, 0.717) is 17.0 Å². The van der Waals surface area contributed by atoms with E-state index in [1.54, 1.807) is 13.8 Å². The third kappa shape index (κ3) is 5.90. The van der Waals surface area contributed by atoms with Crippen LogP contribution in [0.2, 0.25) is 0 Å². The van der Waals surface area contributed by atoms with Crippen LogP contribution in [0.25, 0.3) is 6.08 Å². The quantitative estimate of drug-likeness (QED) is 0.585. The number of nitrogens with zero attached hydrogens (tertiary/aromatic N) is 4. The molecule has 134 valence electrons. The van der Waals surface area contributed by atoms with Crippen LogP contribution in [0.3, 0.4) is 0 Å². The molecule has 0 atom stereocenters. The van der Waals surface area contributed by atoms with Gasteiger partial charge in [0.1, 0.15) is 5.75 Å². The average molecular weight is 356 g/mol. The highest BCUT2D eigenvalue weighted by Gasteiger charge is 2.31. The van der Waals surface area contributed by atoms with Crippen molar-refractivity contribution in [2.75, 3.05) is 6.61 Å². The molecule has 0 amide bonds. The summed E-state index contributed by atoms with van der Waals surface area (Å²) in [7, 11) is 0. The number of alkyl halides is 3. The summed E-state index contributed by atoms with van der Waals surface area (Å²) in [6, 6.07) is 3.76. The van der Waals surface area contributed by atoms with Gasteiger partial charge in [0.05, 0.1) is 13.2 Å². The Kier molecular flexibility index (Phi) is 5.73. The Labute approximate surface area is 141 Å². The summed E-state index contributed by atoms with van der Waals surface area (Å²) in [5.74, 6) is -0.516. The molecule has 0 unspecified atom stereocenters. The first-order valence-electron chi connectivity index (χ1n) is 7.24. The third-order valence-corrected chi connectivity index (χ3v) is 2.90. The zero-order valence-corrected chi connectivity index (χ0v) is 13.4. The summed E-state index contributed by atoms with van der Waals surface area (Å²) in [5, 5.41) is 11.5. The molecule has 0 spiro atoms. The number of hydrogen-bond acceptors (Lipinski definition) is 6. The van der Waals surface area contributed by atoms with Gasteiger partial charge in [-0.15, -0.1) is 23.4 Å². The number of benzene rings is 1. The van der Waals surface area contributed by atoms with Crippen molar-refractivity contribution in [2.45, 2.75) is 26.8 Å². The summed E-state index contributed by atoms with van der Waals surface area (Å²) < 4.78 is 45.9. The molecular weight excluding hydrogens is 341 g/mol. The lowest BCUT2D eigenvalue weighted by Gasteiger charge is -2.12. The van der Waals surface area contributed by atoms with E-state index in [4.69, 9.17) is 4.74 Å². The number of ether oxygens (including phenoxy) is 2. The van der Waals surface area contributed by atoms with E-state index in [2.05, 4.69) is 20.1 Å². The summed E-state index contributed by atoms with van der Waals surface area (Å²) >= 11 is 0. The van der Waals surface area contributed by atoms with E-state index in [1.165, 1.54) is 29.1 Å². The number of aromatic nitrogens is 4. The fraction of sp³-hybridized carbons (Fsp3) is 0.333. The third-order valence-electron chi connectivity index (χ3n) is 2.90. The number of aryl methyl sites for hydroxylation is 1. The molecule has 2 aromatic rings. The van der Waals surface area contributed by atoms with Crippen molar-refractivity contribution in [3.63, 3.8) is 0 Å². The summed E-state index contributed by atoms with van der Waals surface area (Å²) in [6.45, 7) is 3.57. The van der Waals surface area contributed by atoms with Gasteiger partial charge in [-0.05, 0) is 48.4 Å². The minimum atomic E-state index is -4.80. The van der Waals surface area contributed by atoms with Crippen LogP contribution in [0.15, 0.2) is 24.3 Å². The molecule has 10 heteroatoms. The summed E-state index contributed by atoms with van der Waals surface area (Å²) in [5.41, 5.74) is 0.914. The van der Waals surface area contributed by atoms with E-state index in [1.807, 2.05) is 0 Å². The molecular formula is C15H15F3N4O3. The maximum Gasteiger partial charge on any atom is 0.573 e. The van der Waals surface area contributed by atoms with Gasteiger partial charge >= 0.3 is 12.3 Å². The van der Waals surface area contributed by atoms with Crippen LogP contribution in [0.4, 0.5) is 13.2 Å². The predicted octanol–water partition coefficient (Wildman–Crippen LogP) is 2.50. The Morgan fingerprint density at radius 2 is 2.12 bits per heavy atom. The van der Waals surface area contributed by atoms with Gasteiger partial charge < -0.3 is 9.47 Å². The average Bonchev–Trinajstić information content (AvgIpc) is 2.90. The Morgan fingerprint density at radius 1 is 1.36 bits per heavy atom. The van der Waals surface area contributed by atoms with Crippen molar-refractivity contribution in [3.05, 3.63) is 41.2 Å². The van der Waals surface area contributed by atoms with Crippen LogP contribution in [0.5, 0.6) is 5.75 Å². The highest BCUT2D eigenvalue weighted by atomic mass is 19.4. The fourth-order valence-corrected chi connectivity index (χ4v) is 1.97. The normalized spacial score (nSPS) is 11.7. The molecule has 0 N–H and O–H groups in total. The molecule has 0 bridgehead atoms. The molecule has 0 aliphatic rings. The summed E-state index contributed by atoms with van der Waals surface area (Å²) in [4.78, 5) is 12.6. The molecule has 7 nitrogen and oxygen atoms in total. The highest BCUT2D eigenvalue weighted by molar-refractivity contribution is 5.87. The van der Waals surface area contributed by atoms with E-state index in [0.717, 1.165) is 6.07 Å². The second kappa shape index (κ2) is 7.77. The molecule has 25 heavy (non-hydrogen) atoms. The van der Waals surface area contributed by atoms with Crippen molar-refractivity contribution in [1.82, 2.24) is 20.2 Å². The number of carbonyl (C=O) groups is 1. The molecule has 0 fully saturated rings. The van der Waals surface area contributed by atoms with Crippen molar-refractivity contribution >= 4 is 12.0 Å². The van der Waals surface area contributed by atoms with Gasteiger partial charge in [0.2, 0.25) is 0 Å². The van der Waals surface area contributed by atoms with Crippen molar-refractivity contribution in [2.24, 2.45) is 0 Å². The number of carbonyl (C=O) groups excluding carboxylic acids is 1. The van der Waals surface area contributed by atoms with Crippen molar-refractivity contribution < 1.29 is 27.4 Å². The first-order chi connectivity index (χ1) is 11.8. The number of tetrazole rings is 1. The molecule has 1 heterocycles. The monoisotopic (exact) mass is 356 g/mol. The van der Waals surface area contributed by atoms with Gasteiger partial charge in [-0.25, -0.2) is 4.79 Å². The van der Waals surface area contributed by atoms with E-state index < -0.39 is 12.3 Å². The standard InChI is InChI=1S/C15H15F3N4O3/c1-3-24-14(23)7-5-11-4-6-13(25-15(16,17)18)8-12(11)9-22-20-10(2)19-21-22/h4-8H,3,9H2,1-2H3. The van der Waals surface area contributed by atoms with Gasteiger partial charge in [0.15, 0.2) is 5.82 Å². The number of halogens is 3. The van der Waals surface area contributed by atoms with Gasteiger partial charge in [-0.3, -0.25) is 0 Å². The zero-order valence-electron chi connectivity index (χ0n) is 13.4. The van der Waals surface area contributed by atoms with Crippen LogP contribution >= 0.6 is 0 Å². The van der Waals surface area contributed by atoms with Crippen LogP contribution in [0.1, 0.15) is 23.9 Å². The molecule has 0 saturated carbocycles. The molecule has 0 saturated heterocycles. The van der Waals surface area contributed by atoms with Gasteiger partial charge in [-0.1, -0.05) is 6.07 Å². The molecule has 0 radical (unpaired) electrons. The van der Waals surface area contributed by atoms with E-state index in [9.17, 15) is 18.0 Å². The maximum atomic E-state index is 12.4. The predicted molar refractivity (Wildman–Crippen MR) is 80.4 cm³/mol. The van der Waals surface area contributed by atoms with Crippen LogP contribution in [0, 0.1) is 6.92 Å². The zero-order chi connectivity index (χ0) is 18.4. The van der Waals surface area contributed by atoms with Crippen molar-refractivity contribution in [3.8, 4) is 5.75 Å². The van der Waals surface area contributed by atoms with Gasteiger partial charge in [-0.2, -0.15) is 4.80 Å². The lowest BCUT2D eigenvalue weighted by Crippen LogP contribution is -2.17. The van der Waals surface area contributed by atoms with Crippen LogP contribution < -0.4 is 4.74 Å². The first kappa shape index (κ1) is 18.4. The topological polar surface area (TPSA) is 79.1 Å². The number of rotatable bonds is 6. The Morgan fingerprint density at radius 3 is 2.72 bits per heavy atom. The molecule has 0 aliphatic heterocycles. The SMILES string of the molecule is CCOC(=O)C=Cc1ccc(OC(F)(F)F)cc1Cn1nnc(C)n1. The number of esters is 1. The minimum Gasteiger partial charge on any atom is -0.463 e. The second-order valence-corrected chi connectivity index (χ2v) is 4.86. The van der Waals surface area contributed by atoms with Crippen molar-refractivity contribution in [1.29, 1.82) is 0 Å². The van der Waals surface area contributed by atoms with Gasteiger partial charge in [0.25, 0.3) is 0 Å². The summed E-state index contributed by atoms with van der Waals surface area (Å²) in [6.07, 6.45) is -2.18. The van der Waals surface area contributed by atoms with Crippen LogP contribution in [-0.4, -0.2) is 39.1 Å². The second-order valence-electron chi connectivity index (χ2n) is 4.86. The van der Waals surface area contributed by atoms with Gasteiger partial charge in [0, 0.05) is 6.08 Å². The number of hydrogen-bond donors (Lipinski definition) is 0. The maximum absolute atomic E-state index is 12.4. The molecule has 1 aromatic carbocycles. The molecule has 0 aliphatic carbocycles. The molecule has 1 aromatic heterocycles. The minimum absolute atomic E-state index is 0.0540. The van der Waals surface area contributed by atoms with E-state index in [-0.39, 0.29) is 18.9 Å². The largest absolute Gasteiger partial charge is 0.573 e. The van der Waals surface area contributed by atoms with E-state index >= 15 is 0 Å².